The van der Waals surface area contributed by atoms with Crippen LogP contribution >= 0.6 is 0 Å². The van der Waals surface area contributed by atoms with Gasteiger partial charge in [0.05, 0.1) is 18.8 Å². The standard InChI is InChI=1S/C18H18F3NO4/c1-22-17(23)26-16-6-3-2-5-15(16)25-12-4-11-24-14-9-7-13(8-10-14)18(19,20)21/h2-3,5-10H,4,11-12H2,1H3,(H,22,23). The number of para-hydroxylation sites is 2. The summed E-state index contributed by atoms with van der Waals surface area (Å²) in [6.07, 6.45) is -4.47. The zero-order chi connectivity index (χ0) is 19.0. The Bertz CT molecular complexity index is 717. The fraction of sp³-hybridized carbons (Fsp3) is 0.278. The van der Waals surface area contributed by atoms with Crippen LogP contribution in [0.3, 0.4) is 0 Å². The Labute approximate surface area is 148 Å². The SMILES string of the molecule is CNC(=O)Oc1ccccc1OCCCOc1ccc(C(F)(F)F)cc1. The summed E-state index contributed by atoms with van der Waals surface area (Å²) in [5, 5.41) is 2.34. The molecule has 0 spiro atoms. The van der Waals surface area contributed by atoms with Crippen molar-refractivity contribution < 1.29 is 32.2 Å². The third kappa shape index (κ3) is 5.87. The molecule has 5 nitrogen and oxygen atoms in total. The molecule has 0 aliphatic heterocycles. The number of rotatable bonds is 7. The molecule has 26 heavy (non-hydrogen) atoms. The van der Waals surface area contributed by atoms with E-state index in [2.05, 4.69) is 5.32 Å². The highest BCUT2D eigenvalue weighted by atomic mass is 19.4. The lowest BCUT2D eigenvalue weighted by molar-refractivity contribution is -0.137. The number of hydrogen-bond acceptors (Lipinski definition) is 4. The molecule has 0 aliphatic carbocycles. The van der Waals surface area contributed by atoms with Crippen molar-refractivity contribution >= 4 is 6.09 Å². The van der Waals surface area contributed by atoms with Crippen LogP contribution < -0.4 is 19.5 Å². The van der Waals surface area contributed by atoms with Crippen molar-refractivity contribution in [2.45, 2.75) is 12.6 Å². The van der Waals surface area contributed by atoms with Gasteiger partial charge in [-0.25, -0.2) is 4.79 Å². The lowest BCUT2D eigenvalue weighted by atomic mass is 10.2. The molecule has 0 radical (unpaired) electrons. The molecule has 0 aliphatic rings. The van der Waals surface area contributed by atoms with Gasteiger partial charge in [-0.05, 0) is 36.4 Å². The molecule has 1 amide bonds. The summed E-state index contributed by atoms with van der Waals surface area (Å²) in [6, 6.07) is 11.2. The Hall–Kier alpha value is -2.90. The highest BCUT2D eigenvalue weighted by molar-refractivity contribution is 5.70. The Morgan fingerprint density at radius 1 is 0.962 bits per heavy atom. The smallest absolute Gasteiger partial charge is 0.416 e. The first-order valence-corrected chi connectivity index (χ1v) is 7.81. The minimum Gasteiger partial charge on any atom is -0.493 e. The maximum absolute atomic E-state index is 12.5. The Kier molecular flexibility index (Phi) is 6.71. The van der Waals surface area contributed by atoms with E-state index < -0.39 is 17.8 Å². The van der Waals surface area contributed by atoms with Crippen LogP contribution in [0.25, 0.3) is 0 Å². The molecule has 0 bridgehead atoms. The van der Waals surface area contributed by atoms with Crippen molar-refractivity contribution in [3.63, 3.8) is 0 Å². The van der Waals surface area contributed by atoms with Gasteiger partial charge in [0.15, 0.2) is 11.5 Å². The fourth-order valence-electron chi connectivity index (χ4n) is 1.98. The van der Waals surface area contributed by atoms with Gasteiger partial charge in [-0.3, -0.25) is 0 Å². The number of halogens is 3. The van der Waals surface area contributed by atoms with Gasteiger partial charge in [-0.2, -0.15) is 13.2 Å². The van der Waals surface area contributed by atoms with Crippen molar-refractivity contribution in [3.8, 4) is 17.2 Å². The van der Waals surface area contributed by atoms with Crippen LogP contribution in [-0.2, 0) is 6.18 Å². The van der Waals surface area contributed by atoms with Gasteiger partial charge in [0.25, 0.3) is 0 Å². The van der Waals surface area contributed by atoms with Crippen LogP contribution in [0.15, 0.2) is 48.5 Å². The summed E-state index contributed by atoms with van der Waals surface area (Å²) >= 11 is 0. The maximum atomic E-state index is 12.5. The van der Waals surface area contributed by atoms with Crippen molar-refractivity contribution in [2.75, 3.05) is 20.3 Å². The molecule has 2 aromatic rings. The van der Waals surface area contributed by atoms with Crippen LogP contribution in [0.1, 0.15) is 12.0 Å². The molecular formula is C18H18F3NO4. The van der Waals surface area contributed by atoms with Crippen molar-refractivity contribution in [1.82, 2.24) is 5.32 Å². The second-order valence-electron chi connectivity index (χ2n) is 5.16. The van der Waals surface area contributed by atoms with E-state index in [9.17, 15) is 18.0 Å². The van der Waals surface area contributed by atoms with Crippen molar-refractivity contribution in [3.05, 3.63) is 54.1 Å². The number of amides is 1. The van der Waals surface area contributed by atoms with Gasteiger partial charge in [0.2, 0.25) is 0 Å². The van der Waals surface area contributed by atoms with Gasteiger partial charge in [-0.15, -0.1) is 0 Å². The summed E-state index contributed by atoms with van der Waals surface area (Å²) < 4.78 is 53.4. The number of hydrogen-bond donors (Lipinski definition) is 1. The topological polar surface area (TPSA) is 56.8 Å². The van der Waals surface area contributed by atoms with Gasteiger partial charge in [-0.1, -0.05) is 12.1 Å². The first-order chi connectivity index (χ1) is 12.4. The monoisotopic (exact) mass is 369 g/mol. The third-order valence-corrected chi connectivity index (χ3v) is 3.25. The number of carbonyl (C=O) groups excluding carboxylic acids is 1. The summed E-state index contributed by atoms with van der Waals surface area (Å²) in [5.41, 5.74) is -0.721. The first kappa shape index (κ1) is 19.4. The second kappa shape index (κ2) is 8.98. The molecule has 1 N–H and O–H groups in total. The van der Waals surface area contributed by atoms with Gasteiger partial charge >= 0.3 is 12.3 Å². The Morgan fingerprint density at radius 2 is 1.58 bits per heavy atom. The van der Waals surface area contributed by atoms with Crippen molar-refractivity contribution in [2.24, 2.45) is 0 Å². The fourth-order valence-corrected chi connectivity index (χ4v) is 1.98. The molecule has 0 aromatic heterocycles. The quantitative estimate of drug-likeness (QED) is 0.741. The lowest BCUT2D eigenvalue weighted by Gasteiger charge is -2.12. The zero-order valence-corrected chi connectivity index (χ0v) is 14.0. The number of alkyl halides is 3. The highest BCUT2D eigenvalue weighted by Gasteiger charge is 2.29. The minimum atomic E-state index is -4.36. The molecule has 0 atom stereocenters. The van der Waals surface area contributed by atoms with E-state index in [4.69, 9.17) is 14.2 Å². The molecule has 0 fully saturated rings. The number of benzene rings is 2. The zero-order valence-electron chi connectivity index (χ0n) is 14.0. The van der Waals surface area contributed by atoms with Gasteiger partial charge in [0.1, 0.15) is 5.75 Å². The highest BCUT2D eigenvalue weighted by Crippen LogP contribution is 2.30. The van der Waals surface area contributed by atoms with Crippen LogP contribution in [0.2, 0.25) is 0 Å². The predicted molar refractivity (Wildman–Crippen MR) is 88.6 cm³/mol. The van der Waals surface area contributed by atoms with E-state index >= 15 is 0 Å². The maximum Gasteiger partial charge on any atom is 0.416 e. The molecule has 140 valence electrons. The summed E-state index contributed by atoms with van der Waals surface area (Å²) in [5.74, 6) is 1.04. The van der Waals surface area contributed by atoms with E-state index in [-0.39, 0.29) is 19.0 Å². The molecule has 2 rings (SSSR count). The number of nitrogens with one attached hydrogen (secondary N) is 1. The van der Waals surface area contributed by atoms with Crippen LogP contribution in [0.5, 0.6) is 17.2 Å². The molecular weight excluding hydrogens is 351 g/mol. The van der Waals surface area contributed by atoms with Gasteiger partial charge < -0.3 is 19.5 Å². The first-order valence-electron chi connectivity index (χ1n) is 7.81. The van der Waals surface area contributed by atoms with E-state index in [0.29, 0.717) is 17.9 Å². The number of carbonyl (C=O) groups is 1. The molecule has 0 heterocycles. The summed E-state index contributed by atoms with van der Waals surface area (Å²) in [4.78, 5) is 11.3. The Morgan fingerprint density at radius 3 is 2.19 bits per heavy atom. The minimum absolute atomic E-state index is 0.268. The van der Waals surface area contributed by atoms with E-state index in [1.165, 1.54) is 19.2 Å². The van der Waals surface area contributed by atoms with E-state index in [1.54, 1.807) is 24.3 Å². The molecule has 0 unspecified atom stereocenters. The van der Waals surface area contributed by atoms with Crippen LogP contribution in [-0.4, -0.2) is 26.4 Å². The second-order valence-corrected chi connectivity index (χ2v) is 5.16. The molecule has 8 heteroatoms. The average Bonchev–Trinajstić information content (AvgIpc) is 2.62. The summed E-state index contributed by atoms with van der Waals surface area (Å²) in [6.45, 7) is 0.554. The molecule has 0 saturated heterocycles. The average molecular weight is 369 g/mol. The van der Waals surface area contributed by atoms with Crippen LogP contribution in [0, 0.1) is 0 Å². The van der Waals surface area contributed by atoms with Crippen LogP contribution in [0.4, 0.5) is 18.0 Å². The lowest BCUT2D eigenvalue weighted by Crippen LogP contribution is -2.22. The number of ether oxygens (including phenoxy) is 3. The normalized spacial score (nSPS) is 10.9. The molecule has 2 aromatic carbocycles. The predicted octanol–water partition coefficient (Wildman–Crippen LogP) is 4.27. The van der Waals surface area contributed by atoms with E-state index in [0.717, 1.165) is 12.1 Å². The van der Waals surface area contributed by atoms with Crippen molar-refractivity contribution in [1.29, 1.82) is 0 Å². The third-order valence-electron chi connectivity index (χ3n) is 3.25. The van der Waals surface area contributed by atoms with E-state index in [1.807, 2.05) is 0 Å². The molecule has 0 saturated carbocycles. The van der Waals surface area contributed by atoms with Gasteiger partial charge in [0, 0.05) is 13.5 Å². The Balaban J connectivity index is 1.77. The summed E-state index contributed by atoms with van der Waals surface area (Å²) in [7, 11) is 1.45. The largest absolute Gasteiger partial charge is 0.493 e.